The highest BCUT2D eigenvalue weighted by molar-refractivity contribution is 7.92. The van der Waals surface area contributed by atoms with Crippen molar-refractivity contribution in [3.63, 3.8) is 0 Å². The monoisotopic (exact) mass is 580 g/mol. The van der Waals surface area contributed by atoms with E-state index < -0.39 is 10.0 Å². The number of hydrogen-bond donors (Lipinski definition) is 2. The molecule has 11 heteroatoms. The summed E-state index contributed by atoms with van der Waals surface area (Å²) in [7, 11) is -3.33. The average molecular weight is 581 g/mol. The molecule has 1 aliphatic heterocycles. The number of nitrogens with zero attached hydrogens (tertiary/aromatic N) is 4. The number of hydrogen-bond acceptors (Lipinski definition) is 7. The van der Waals surface area contributed by atoms with Crippen LogP contribution in [0.2, 0.25) is 0 Å². The molecule has 41 heavy (non-hydrogen) atoms. The second kappa shape index (κ2) is 13.8. The largest absolute Gasteiger partial charge is 0.439 e. The van der Waals surface area contributed by atoms with Crippen molar-refractivity contribution in [1.82, 2.24) is 19.8 Å². The Balaban J connectivity index is 1.28. The fraction of sp³-hybridized carbons (Fsp3) is 0.433. The summed E-state index contributed by atoms with van der Waals surface area (Å²) in [4.78, 5) is 26.4. The summed E-state index contributed by atoms with van der Waals surface area (Å²) < 4.78 is 31.0. The van der Waals surface area contributed by atoms with Crippen LogP contribution in [0.3, 0.4) is 0 Å². The van der Waals surface area contributed by atoms with Crippen molar-refractivity contribution < 1.29 is 17.9 Å². The highest BCUT2D eigenvalue weighted by Gasteiger charge is 2.28. The summed E-state index contributed by atoms with van der Waals surface area (Å²) in [6, 6.07) is 14.4. The van der Waals surface area contributed by atoms with Gasteiger partial charge in [-0.25, -0.2) is 18.2 Å². The minimum atomic E-state index is -3.33. The number of urea groups is 1. The van der Waals surface area contributed by atoms with Gasteiger partial charge in [-0.1, -0.05) is 19.9 Å². The summed E-state index contributed by atoms with van der Waals surface area (Å²) in [6.07, 6.45) is 7.42. The van der Waals surface area contributed by atoms with E-state index in [-0.39, 0.29) is 12.1 Å². The molecule has 0 aliphatic carbocycles. The van der Waals surface area contributed by atoms with Crippen molar-refractivity contribution in [1.29, 1.82) is 0 Å². The summed E-state index contributed by atoms with van der Waals surface area (Å²) in [5.41, 5.74) is 3.19. The lowest BCUT2D eigenvalue weighted by Crippen LogP contribution is -2.49. The molecule has 0 radical (unpaired) electrons. The van der Waals surface area contributed by atoms with Crippen molar-refractivity contribution in [2.45, 2.75) is 52.6 Å². The third kappa shape index (κ3) is 9.72. The molecule has 3 aromatic rings. The first-order valence-corrected chi connectivity index (χ1v) is 15.9. The number of aromatic nitrogens is 2. The third-order valence-electron chi connectivity index (χ3n) is 6.95. The number of amides is 2. The van der Waals surface area contributed by atoms with Gasteiger partial charge in [0.1, 0.15) is 5.75 Å². The highest BCUT2D eigenvalue weighted by atomic mass is 32.2. The van der Waals surface area contributed by atoms with Crippen LogP contribution < -0.4 is 14.8 Å². The number of benzene rings is 1. The van der Waals surface area contributed by atoms with E-state index in [4.69, 9.17) is 4.74 Å². The lowest BCUT2D eigenvalue weighted by molar-refractivity contribution is 0.120. The molecule has 1 aliphatic rings. The molecule has 2 amide bonds. The van der Waals surface area contributed by atoms with E-state index in [1.807, 2.05) is 42.3 Å². The smallest absolute Gasteiger partial charge is 0.322 e. The number of carbonyl (C=O) groups excluding carboxylic acids is 1. The number of rotatable bonds is 11. The Bertz CT molecular complexity index is 1370. The fourth-order valence-corrected chi connectivity index (χ4v) is 5.29. The lowest BCUT2D eigenvalue weighted by Gasteiger charge is -2.39. The predicted molar refractivity (Wildman–Crippen MR) is 162 cm³/mol. The molecule has 1 saturated heterocycles. The van der Waals surface area contributed by atoms with Gasteiger partial charge in [0.2, 0.25) is 15.9 Å². The van der Waals surface area contributed by atoms with Crippen LogP contribution >= 0.6 is 0 Å². The Hall–Kier alpha value is -3.70. The first-order valence-electron chi connectivity index (χ1n) is 14.0. The van der Waals surface area contributed by atoms with E-state index in [0.717, 1.165) is 63.0 Å². The number of piperidine rings is 1. The van der Waals surface area contributed by atoms with Gasteiger partial charge in [-0.05, 0) is 74.1 Å². The van der Waals surface area contributed by atoms with Gasteiger partial charge in [0.25, 0.3) is 0 Å². The lowest BCUT2D eigenvalue weighted by atomic mass is 10.0. The van der Waals surface area contributed by atoms with Gasteiger partial charge in [0.15, 0.2) is 0 Å². The summed E-state index contributed by atoms with van der Waals surface area (Å²) in [5, 5.41) is 3.04. The van der Waals surface area contributed by atoms with E-state index in [9.17, 15) is 13.2 Å². The van der Waals surface area contributed by atoms with Gasteiger partial charge in [-0.15, -0.1) is 0 Å². The average Bonchev–Trinajstić information content (AvgIpc) is 2.92. The van der Waals surface area contributed by atoms with Crippen LogP contribution in [-0.4, -0.2) is 66.1 Å². The Kier molecular flexibility index (Phi) is 10.2. The summed E-state index contributed by atoms with van der Waals surface area (Å²) in [5.74, 6) is 1.55. The second-order valence-electron chi connectivity index (χ2n) is 11.0. The Morgan fingerprint density at radius 3 is 2.32 bits per heavy atom. The molecular weight excluding hydrogens is 540 g/mol. The van der Waals surface area contributed by atoms with Gasteiger partial charge < -0.3 is 15.0 Å². The number of likely N-dealkylation sites (tertiary alicyclic amines) is 1. The second-order valence-corrected chi connectivity index (χ2v) is 12.8. The molecule has 0 saturated carbocycles. The number of aryl methyl sites for hydroxylation is 1. The molecular formula is C30H40N6O4S. The molecule has 1 fully saturated rings. The first-order chi connectivity index (χ1) is 19.5. The van der Waals surface area contributed by atoms with Crippen molar-refractivity contribution in [3.05, 3.63) is 72.2 Å². The van der Waals surface area contributed by atoms with Gasteiger partial charge in [-0.2, -0.15) is 0 Å². The van der Waals surface area contributed by atoms with Crippen molar-refractivity contribution in [2.24, 2.45) is 5.92 Å². The first kappa shape index (κ1) is 30.3. The van der Waals surface area contributed by atoms with Gasteiger partial charge in [-0.3, -0.25) is 14.6 Å². The minimum absolute atomic E-state index is 0.0594. The van der Waals surface area contributed by atoms with Gasteiger partial charge in [0.05, 0.1) is 18.1 Å². The Morgan fingerprint density at radius 2 is 1.73 bits per heavy atom. The fourth-order valence-electron chi connectivity index (χ4n) is 4.72. The maximum atomic E-state index is 13.2. The third-order valence-corrected chi connectivity index (χ3v) is 7.56. The molecule has 0 spiro atoms. The summed E-state index contributed by atoms with van der Waals surface area (Å²) in [6.45, 7) is 9.60. The summed E-state index contributed by atoms with van der Waals surface area (Å²) >= 11 is 0. The highest BCUT2D eigenvalue weighted by Crippen LogP contribution is 2.24. The Morgan fingerprint density at radius 1 is 1.02 bits per heavy atom. The molecule has 4 rings (SSSR count). The van der Waals surface area contributed by atoms with Crippen LogP contribution in [0.1, 0.15) is 44.4 Å². The molecule has 1 aromatic carbocycles. The quantitative estimate of drug-likeness (QED) is 0.308. The molecule has 2 aromatic heterocycles. The molecule has 0 bridgehead atoms. The topological polar surface area (TPSA) is 117 Å². The SMILES string of the molecule is Cc1ccc(NC(=O)N(CCC(C)C)C2CCN(Cc3ccc(Oc4ccc(NS(C)(=O)=O)cc4)nc3)CC2)cn1. The van der Waals surface area contributed by atoms with Crippen LogP contribution in [0.5, 0.6) is 11.6 Å². The van der Waals surface area contributed by atoms with Crippen LogP contribution in [-0.2, 0) is 16.6 Å². The van der Waals surface area contributed by atoms with E-state index in [1.165, 1.54) is 0 Å². The van der Waals surface area contributed by atoms with Crippen LogP contribution in [0.4, 0.5) is 16.2 Å². The van der Waals surface area contributed by atoms with Crippen molar-refractivity contribution in [2.75, 3.05) is 35.9 Å². The van der Waals surface area contributed by atoms with Crippen molar-refractivity contribution >= 4 is 27.4 Å². The zero-order valence-electron chi connectivity index (χ0n) is 24.2. The molecule has 0 unspecified atom stereocenters. The zero-order valence-corrected chi connectivity index (χ0v) is 25.0. The zero-order chi connectivity index (χ0) is 29.4. The maximum Gasteiger partial charge on any atom is 0.322 e. The minimum Gasteiger partial charge on any atom is -0.439 e. The van der Waals surface area contributed by atoms with Crippen molar-refractivity contribution in [3.8, 4) is 11.6 Å². The number of anilines is 2. The van der Waals surface area contributed by atoms with E-state index in [0.29, 0.717) is 28.9 Å². The predicted octanol–water partition coefficient (Wildman–Crippen LogP) is 5.49. The number of pyridine rings is 2. The van der Waals surface area contributed by atoms with Crippen LogP contribution in [0.25, 0.3) is 0 Å². The Labute approximate surface area is 243 Å². The molecule has 10 nitrogen and oxygen atoms in total. The van der Waals surface area contributed by atoms with Crippen LogP contribution in [0, 0.1) is 12.8 Å². The standard InChI is InChI=1S/C30H40N6O4S/c1-22(2)13-18-36(30(37)33-26-7-5-23(3)31-20-26)27-14-16-35(17-15-27)21-24-6-12-29(32-19-24)40-28-10-8-25(9-11-28)34-41(4,38)39/h5-12,19-20,22,27,34H,13-18,21H2,1-4H3,(H,33,37). The van der Waals surface area contributed by atoms with E-state index in [2.05, 4.69) is 38.8 Å². The van der Waals surface area contributed by atoms with Gasteiger partial charge in [0, 0.05) is 55.9 Å². The van der Waals surface area contributed by atoms with Gasteiger partial charge >= 0.3 is 6.03 Å². The molecule has 3 heterocycles. The van der Waals surface area contributed by atoms with E-state index >= 15 is 0 Å². The van der Waals surface area contributed by atoms with E-state index in [1.54, 1.807) is 30.5 Å². The maximum absolute atomic E-state index is 13.2. The molecule has 2 N–H and O–H groups in total. The normalized spacial score (nSPS) is 14.6. The number of sulfonamides is 1. The molecule has 0 atom stereocenters. The number of carbonyl (C=O) groups is 1. The van der Waals surface area contributed by atoms with Crippen LogP contribution in [0.15, 0.2) is 60.9 Å². The molecule has 220 valence electrons. The number of nitrogens with one attached hydrogen (secondary N) is 2. The number of ether oxygens (including phenoxy) is 1.